The highest BCUT2D eigenvalue weighted by Crippen LogP contribution is 2.32. The first-order chi connectivity index (χ1) is 13.8. The zero-order valence-electron chi connectivity index (χ0n) is 16.6. The highest BCUT2D eigenvalue weighted by molar-refractivity contribution is 5.78. The predicted molar refractivity (Wildman–Crippen MR) is 104 cm³/mol. The number of nitrogens with one attached hydrogen (secondary N) is 3. The first-order valence-electron chi connectivity index (χ1n) is 9.93. The van der Waals surface area contributed by atoms with Crippen molar-refractivity contribution in [2.24, 2.45) is 0 Å². The zero-order chi connectivity index (χ0) is 21.3. The Hall–Kier alpha value is -2.13. The lowest BCUT2D eigenvalue weighted by Crippen LogP contribution is -2.49. The summed E-state index contributed by atoms with van der Waals surface area (Å²) in [6.45, 7) is 3.87. The van der Waals surface area contributed by atoms with E-state index in [9.17, 15) is 22.8 Å². The van der Waals surface area contributed by atoms with Crippen LogP contribution in [0.2, 0.25) is 0 Å². The van der Waals surface area contributed by atoms with Gasteiger partial charge in [0.1, 0.15) is 6.04 Å². The van der Waals surface area contributed by atoms with E-state index in [2.05, 4.69) is 16.0 Å². The molecular formula is C20H29F3N4O2. The highest BCUT2D eigenvalue weighted by Gasteiger charge is 2.40. The van der Waals surface area contributed by atoms with E-state index in [1.54, 1.807) is 6.07 Å². The Morgan fingerprint density at radius 3 is 2.38 bits per heavy atom. The smallest absolute Gasteiger partial charge is 0.355 e. The summed E-state index contributed by atoms with van der Waals surface area (Å²) in [5.74, 6) is -0.480. The van der Waals surface area contributed by atoms with E-state index in [0.717, 1.165) is 6.42 Å². The minimum absolute atomic E-state index is 0.0161. The predicted octanol–water partition coefficient (Wildman–Crippen LogP) is 1.99. The van der Waals surface area contributed by atoms with Crippen LogP contribution in [0.3, 0.4) is 0 Å². The molecule has 1 heterocycles. The van der Waals surface area contributed by atoms with Crippen LogP contribution in [-0.2, 0) is 9.59 Å². The Kier molecular flexibility index (Phi) is 8.91. The van der Waals surface area contributed by atoms with Crippen LogP contribution in [0.25, 0.3) is 0 Å². The van der Waals surface area contributed by atoms with Crippen molar-refractivity contribution in [3.63, 3.8) is 0 Å². The molecule has 1 aliphatic heterocycles. The Bertz CT molecular complexity index is 647. The van der Waals surface area contributed by atoms with Gasteiger partial charge in [-0.1, -0.05) is 37.3 Å². The van der Waals surface area contributed by atoms with Gasteiger partial charge in [0.25, 0.3) is 0 Å². The van der Waals surface area contributed by atoms with Crippen LogP contribution in [0.15, 0.2) is 30.3 Å². The van der Waals surface area contributed by atoms with Gasteiger partial charge in [-0.2, -0.15) is 13.2 Å². The van der Waals surface area contributed by atoms with Crippen LogP contribution in [-0.4, -0.2) is 61.7 Å². The normalized spacial score (nSPS) is 17.0. The van der Waals surface area contributed by atoms with Gasteiger partial charge in [0.15, 0.2) is 0 Å². The van der Waals surface area contributed by atoms with Crippen LogP contribution in [0.5, 0.6) is 0 Å². The number of carbonyl (C=O) groups is 2. The van der Waals surface area contributed by atoms with Crippen molar-refractivity contribution in [3.8, 4) is 0 Å². The summed E-state index contributed by atoms with van der Waals surface area (Å²) in [6.07, 6.45) is -2.29. The quantitative estimate of drug-likeness (QED) is 0.578. The summed E-state index contributed by atoms with van der Waals surface area (Å²) in [7, 11) is 0. The second-order valence-electron chi connectivity index (χ2n) is 7.23. The molecule has 162 valence electrons. The van der Waals surface area contributed by atoms with Crippen LogP contribution in [0.1, 0.15) is 37.8 Å². The van der Waals surface area contributed by atoms with Gasteiger partial charge in [-0.05, 0) is 24.8 Å². The van der Waals surface area contributed by atoms with E-state index >= 15 is 0 Å². The summed E-state index contributed by atoms with van der Waals surface area (Å²) < 4.78 is 39.9. The molecule has 0 radical (unpaired) electrons. The van der Waals surface area contributed by atoms with Crippen molar-refractivity contribution >= 4 is 11.8 Å². The van der Waals surface area contributed by atoms with Gasteiger partial charge in [-0.25, -0.2) is 0 Å². The van der Waals surface area contributed by atoms with Crippen molar-refractivity contribution in [1.29, 1.82) is 0 Å². The number of alkyl halides is 3. The molecule has 1 atom stereocenters. The zero-order valence-corrected chi connectivity index (χ0v) is 16.6. The number of nitrogens with zero attached hydrogens (tertiary/aromatic N) is 1. The first-order valence-corrected chi connectivity index (χ1v) is 9.93. The summed E-state index contributed by atoms with van der Waals surface area (Å²) >= 11 is 0. The molecule has 29 heavy (non-hydrogen) atoms. The van der Waals surface area contributed by atoms with Gasteiger partial charge in [0, 0.05) is 25.7 Å². The topological polar surface area (TPSA) is 73.5 Å². The molecule has 1 aliphatic rings. The Morgan fingerprint density at radius 2 is 1.79 bits per heavy atom. The third-order valence-corrected chi connectivity index (χ3v) is 4.82. The number of benzene rings is 1. The Morgan fingerprint density at radius 1 is 1.14 bits per heavy atom. The van der Waals surface area contributed by atoms with Crippen LogP contribution in [0, 0.1) is 0 Å². The molecule has 0 saturated carbocycles. The molecule has 6 nitrogen and oxygen atoms in total. The summed E-state index contributed by atoms with van der Waals surface area (Å²) in [4.78, 5) is 25.9. The standard InChI is InChI=1S/C20H29F3N4O2/c1-2-10-24-18(29)14-27-11-8-16(9-12-27)26-17(28)13-25-19(20(21,22)23)15-6-4-3-5-7-15/h3-7,16,19,25H,2,8-14H2,1H3,(H,24,29)(H,26,28). The van der Waals surface area contributed by atoms with E-state index in [4.69, 9.17) is 0 Å². The van der Waals surface area contributed by atoms with E-state index in [-0.39, 0.29) is 17.5 Å². The van der Waals surface area contributed by atoms with E-state index in [0.29, 0.717) is 39.0 Å². The summed E-state index contributed by atoms with van der Waals surface area (Å²) in [5.41, 5.74) is 0.0717. The molecule has 0 spiro atoms. The van der Waals surface area contributed by atoms with Crippen molar-refractivity contribution in [3.05, 3.63) is 35.9 Å². The second-order valence-corrected chi connectivity index (χ2v) is 7.23. The van der Waals surface area contributed by atoms with E-state index in [1.807, 2.05) is 11.8 Å². The molecule has 2 rings (SSSR count). The molecule has 1 aromatic carbocycles. The number of halogens is 3. The summed E-state index contributed by atoms with van der Waals surface area (Å²) in [5, 5.41) is 7.93. The number of hydrogen-bond acceptors (Lipinski definition) is 4. The molecule has 1 aromatic rings. The first kappa shape index (κ1) is 23.2. The molecule has 0 aliphatic carbocycles. The van der Waals surface area contributed by atoms with Crippen molar-refractivity contribution in [2.75, 3.05) is 32.7 Å². The molecule has 1 unspecified atom stereocenters. The maximum Gasteiger partial charge on any atom is 0.407 e. The Balaban J connectivity index is 1.75. The Labute approximate surface area is 169 Å². The van der Waals surface area contributed by atoms with Gasteiger partial charge in [0.05, 0.1) is 13.1 Å². The number of rotatable bonds is 9. The van der Waals surface area contributed by atoms with Crippen LogP contribution in [0.4, 0.5) is 13.2 Å². The van der Waals surface area contributed by atoms with E-state index < -0.39 is 24.7 Å². The third kappa shape index (κ3) is 8.02. The van der Waals surface area contributed by atoms with Gasteiger partial charge >= 0.3 is 6.18 Å². The molecule has 1 fully saturated rings. The lowest BCUT2D eigenvalue weighted by atomic mass is 10.0. The highest BCUT2D eigenvalue weighted by atomic mass is 19.4. The number of amides is 2. The van der Waals surface area contributed by atoms with Gasteiger partial charge < -0.3 is 10.6 Å². The second kappa shape index (κ2) is 11.2. The average molecular weight is 414 g/mol. The molecular weight excluding hydrogens is 385 g/mol. The fourth-order valence-corrected chi connectivity index (χ4v) is 3.30. The van der Waals surface area contributed by atoms with Crippen molar-refractivity contribution in [2.45, 2.75) is 44.4 Å². The maximum absolute atomic E-state index is 13.3. The molecule has 1 saturated heterocycles. The molecule has 3 N–H and O–H groups in total. The average Bonchev–Trinajstić information content (AvgIpc) is 2.68. The minimum Gasteiger partial charge on any atom is -0.355 e. The fourth-order valence-electron chi connectivity index (χ4n) is 3.30. The number of carbonyl (C=O) groups excluding carboxylic acids is 2. The number of hydrogen-bond donors (Lipinski definition) is 3. The van der Waals surface area contributed by atoms with Crippen LogP contribution < -0.4 is 16.0 Å². The van der Waals surface area contributed by atoms with Gasteiger partial charge in [-0.15, -0.1) is 0 Å². The molecule has 0 bridgehead atoms. The minimum atomic E-state index is -4.49. The third-order valence-electron chi connectivity index (χ3n) is 4.82. The fraction of sp³-hybridized carbons (Fsp3) is 0.600. The number of likely N-dealkylation sites (tertiary alicyclic amines) is 1. The lowest BCUT2D eigenvalue weighted by molar-refractivity contribution is -0.158. The monoisotopic (exact) mass is 414 g/mol. The molecule has 9 heteroatoms. The van der Waals surface area contributed by atoms with E-state index in [1.165, 1.54) is 24.3 Å². The van der Waals surface area contributed by atoms with Crippen molar-refractivity contribution < 1.29 is 22.8 Å². The molecule has 0 aromatic heterocycles. The summed E-state index contributed by atoms with van der Waals surface area (Å²) in [6, 6.07) is 5.49. The number of piperidine rings is 1. The SMILES string of the molecule is CCCNC(=O)CN1CCC(NC(=O)CNC(c2ccccc2)C(F)(F)F)CC1. The largest absolute Gasteiger partial charge is 0.407 e. The van der Waals surface area contributed by atoms with Gasteiger partial charge in [0.2, 0.25) is 11.8 Å². The maximum atomic E-state index is 13.3. The van der Waals surface area contributed by atoms with Gasteiger partial charge in [-0.3, -0.25) is 19.8 Å². The lowest BCUT2D eigenvalue weighted by Gasteiger charge is -2.32. The van der Waals surface area contributed by atoms with Crippen molar-refractivity contribution in [1.82, 2.24) is 20.9 Å². The molecule has 2 amide bonds. The van der Waals surface area contributed by atoms with Crippen LogP contribution >= 0.6 is 0 Å².